The first-order valence-electron chi connectivity index (χ1n) is 5.94. The SMILES string of the molecule is CCCC[C@H](NS(=O)(=O)c1cc(Cl)cnc1N)C(=O)O. The van der Waals surface area contributed by atoms with Gasteiger partial charge in [0.2, 0.25) is 10.0 Å². The lowest BCUT2D eigenvalue weighted by Crippen LogP contribution is -2.40. The summed E-state index contributed by atoms with van der Waals surface area (Å²) >= 11 is 5.68. The van der Waals surface area contributed by atoms with Gasteiger partial charge >= 0.3 is 5.97 Å². The molecule has 0 saturated carbocycles. The lowest BCUT2D eigenvalue weighted by atomic mass is 10.1. The van der Waals surface area contributed by atoms with Crippen molar-refractivity contribution >= 4 is 33.4 Å². The zero-order valence-corrected chi connectivity index (χ0v) is 12.4. The number of carbonyl (C=O) groups is 1. The van der Waals surface area contributed by atoms with Gasteiger partial charge in [0, 0.05) is 6.20 Å². The minimum absolute atomic E-state index is 0.0972. The fraction of sp³-hybridized carbons (Fsp3) is 0.455. The summed E-state index contributed by atoms with van der Waals surface area (Å²) in [5, 5.41) is 9.13. The molecule has 0 fully saturated rings. The molecule has 1 atom stereocenters. The van der Waals surface area contributed by atoms with E-state index >= 15 is 0 Å². The maximum atomic E-state index is 12.1. The maximum absolute atomic E-state index is 12.1. The van der Waals surface area contributed by atoms with Crippen molar-refractivity contribution in [3.8, 4) is 0 Å². The summed E-state index contributed by atoms with van der Waals surface area (Å²) in [6.45, 7) is 1.88. The van der Waals surface area contributed by atoms with Crippen LogP contribution in [0.2, 0.25) is 5.02 Å². The summed E-state index contributed by atoms with van der Waals surface area (Å²) in [4.78, 5) is 14.4. The number of halogens is 1. The minimum atomic E-state index is -4.09. The Morgan fingerprint density at radius 2 is 2.25 bits per heavy atom. The molecule has 1 rings (SSSR count). The molecule has 0 aliphatic heterocycles. The van der Waals surface area contributed by atoms with Crippen LogP contribution >= 0.6 is 11.6 Å². The largest absolute Gasteiger partial charge is 0.480 e. The van der Waals surface area contributed by atoms with Crippen molar-refractivity contribution in [1.29, 1.82) is 0 Å². The second kappa shape index (κ2) is 6.87. The molecule has 0 aliphatic rings. The lowest BCUT2D eigenvalue weighted by Gasteiger charge is -2.15. The highest BCUT2D eigenvalue weighted by Gasteiger charge is 2.27. The average molecular weight is 322 g/mol. The zero-order valence-electron chi connectivity index (χ0n) is 10.8. The average Bonchev–Trinajstić information content (AvgIpc) is 2.36. The van der Waals surface area contributed by atoms with Crippen LogP contribution in [0.5, 0.6) is 0 Å². The third-order valence-corrected chi connectivity index (χ3v) is 4.29. The van der Waals surface area contributed by atoms with E-state index in [1.165, 1.54) is 6.20 Å². The summed E-state index contributed by atoms with van der Waals surface area (Å²) < 4.78 is 26.4. The molecule has 1 aromatic heterocycles. The van der Waals surface area contributed by atoms with Gasteiger partial charge < -0.3 is 10.8 Å². The van der Waals surface area contributed by atoms with E-state index in [9.17, 15) is 13.2 Å². The molecule has 0 bridgehead atoms. The molecule has 9 heteroatoms. The van der Waals surface area contributed by atoms with Crippen LogP contribution in [-0.2, 0) is 14.8 Å². The Labute approximate surface area is 122 Å². The fourth-order valence-corrected chi connectivity index (χ4v) is 3.09. The number of nitrogens with zero attached hydrogens (tertiary/aromatic N) is 1. The number of hydrogen-bond donors (Lipinski definition) is 3. The van der Waals surface area contributed by atoms with E-state index in [4.69, 9.17) is 22.4 Å². The Morgan fingerprint density at radius 1 is 1.60 bits per heavy atom. The summed E-state index contributed by atoms with van der Waals surface area (Å²) in [6, 6.07) is -0.0800. The molecule has 0 aromatic carbocycles. The third-order valence-electron chi connectivity index (χ3n) is 2.58. The van der Waals surface area contributed by atoms with Crippen LogP contribution in [0, 0.1) is 0 Å². The Kier molecular flexibility index (Phi) is 5.73. The molecule has 1 aromatic rings. The van der Waals surface area contributed by atoms with Crippen molar-refractivity contribution in [2.45, 2.75) is 37.1 Å². The number of nitrogens with two attached hydrogens (primary N) is 1. The molecule has 1 heterocycles. The standard InChI is InChI=1S/C11H16ClN3O4S/c1-2-3-4-8(11(16)17)15-20(18,19)9-5-7(12)6-14-10(9)13/h5-6,8,15H,2-4H2,1H3,(H2,13,14)(H,16,17)/t8-/m0/s1. The van der Waals surface area contributed by atoms with Gasteiger partial charge in [-0.3, -0.25) is 4.79 Å². The molecule has 112 valence electrons. The van der Waals surface area contributed by atoms with Gasteiger partial charge in [-0.2, -0.15) is 4.72 Å². The second-order valence-electron chi connectivity index (χ2n) is 4.19. The molecule has 0 aliphatic carbocycles. The van der Waals surface area contributed by atoms with E-state index in [2.05, 4.69) is 9.71 Å². The van der Waals surface area contributed by atoms with E-state index in [0.717, 1.165) is 12.5 Å². The molecular formula is C11H16ClN3O4S. The van der Waals surface area contributed by atoms with Gasteiger partial charge in [0.25, 0.3) is 0 Å². The first-order valence-corrected chi connectivity index (χ1v) is 7.80. The van der Waals surface area contributed by atoms with Crippen LogP contribution < -0.4 is 10.5 Å². The highest BCUT2D eigenvalue weighted by molar-refractivity contribution is 7.89. The monoisotopic (exact) mass is 321 g/mol. The van der Waals surface area contributed by atoms with Crippen LogP contribution in [0.4, 0.5) is 5.82 Å². The van der Waals surface area contributed by atoms with Gasteiger partial charge in [-0.15, -0.1) is 0 Å². The Hall–Kier alpha value is -1.38. The van der Waals surface area contributed by atoms with Gasteiger partial charge in [-0.1, -0.05) is 31.4 Å². The lowest BCUT2D eigenvalue weighted by molar-refractivity contribution is -0.139. The number of unbranched alkanes of at least 4 members (excludes halogenated alkanes) is 1. The molecule has 4 N–H and O–H groups in total. The summed E-state index contributed by atoms with van der Waals surface area (Å²) in [5.74, 6) is -1.47. The number of carboxylic acids is 1. The van der Waals surface area contributed by atoms with Gasteiger partial charge in [0.05, 0.1) is 5.02 Å². The number of aliphatic carboxylic acids is 1. The van der Waals surface area contributed by atoms with Crippen molar-refractivity contribution in [2.75, 3.05) is 5.73 Å². The predicted molar refractivity (Wildman–Crippen MR) is 74.9 cm³/mol. The smallest absolute Gasteiger partial charge is 0.321 e. The number of sulfonamides is 1. The fourth-order valence-electron chi connectivity index (χ4n) is 1.54. The Bertz CT molecular complexity index is 591. The van der Waals surface area contributed by atoms with E-state index in [1.807, 2.05) is 6.92 Å². The van der Waals surface area contributed by atoms with Crippen LogP contribution in [-0.4, -0.2) is 30.5 Å². The van der Waals surface area contributed by atoms with E-state index in [0.29, 0.717) is 6.42 Å². The number of rotatable bonds is 7. The van der Waals surface area contributed by atoms with Crippen LogP contribution in [0.25, 0.3) is 0 Å². The summed E-state index contributed by atoms with van der Waals surface area (Å²) in [6.07, 6.45) is 2.75. The van der Waals surface area contributed by atoms with Crippen LogP contribution in [0.3, 0.4) is 0 Å². The summed E-state index contributed by atoms with van der Waals surface area (Å²) in [7, 11) is -4.09. The molecule has 0 amide bonds. The summed E-state index contributed by atoms with van der Waals surface area (Å²) in [5.41, 5.74) is 5.49. The molecular weight excluding hydrogens is 306 g/mol. The molecule has 0 saturated heterocycles. The molecule has 0 radical (unpaired) electrons. The Morgan fingerprint density at radius 3 is 2.80 bits per heavy atom. The number of pyridine rings is 1. The predicted octanol–water partition coefficient (Wildman–Crippen LogP) is 1.24. The quantitative estimate of drug-likeness (QED) is 0.694. The van der Waals surface area contributed by atoms with Crippen molar-refractivity contribution in [3.05, 3.63) is 17.3 Å². The van der Waals surface area contributed by atoms with Crippen LogP contribution in [0.1, 0.15) is 26.2 Å². The highest BCUT2D eigenvalue weighted by Crippen LogP contribution is 2.20. The first-order chi connectivity index (χ1) is 9.27. The second-order valence-corrected chi connectivity index (χ2v) is 6.31. The molecule has 20 heavy (non-hydrogen) atoms. The third kappa shape index (κ3) is 4.32. The number of hydrogen-bond acceptors (Lipinski definition) is 5. The minimum Gasteiger partial charge on any atom is -0.480 e. The number of nitrogen functional groups attached to an aromatic ring is 1. The topological polar surface area (TPSA) is 122 Å². The van der Waals surface area contributed by atoms with Crippen LogP contribution in [0.15, 0.2) is 17.2 Å². The Balaban J connectivity index is 3.03. The number of anilines is 1. The van der Waals surface area contributed by atoms with Crippen molar-refractivity contribution in [3.63, 3.8) is 0 Å². The zero-order chi connectivity index (χ0) is 15.3. The highest BCUT2D eigenvalue weighted by atomic mass is 35.5. The number of aromatic nitrogens is 1. The van der Waals surface area contributed by atoms with Crippen molar-refractivity contribution in [2.24, 2.45) is 0 Å². The molecule has 7 nitrogen and oxygen atoms in total. The van der Waals surface area contributed by atoms with E-state index in [-0.39, 0.29) is 22.2 Å². The van der Waals surface area contributed by atoms with Crippen molar-refractivity contribution < 1.29 is 18.3 Å². The van der Waals surface area contributed by atoms with Gasteiger partial charge in [0.15, 0.2) is 0 Å². The molecule has 0 spiro atoms. The van der Waals surface area contributed by atoms with Crippen molar-refractivity contribution in [1.82, 2.24) is 9.71 Å². The van der Waals surface area contributed by atoms with E-state index in [1.54, 1.807) is 0 Å². The first kappa shape index (κ1) is 16.7. The van der Waals surface area contributed by atoms with Gasteiger partial charge in [0.1, 0.15) is 16.8 Å². The van der Waals surface area contributed by atoms with E-state index < -0.39 is 22.0 Å². The number of carboxylic acid groups (broad SMARTS) is 1. The maximum Gasteiger partial charge on any atom is 0.321 e. The van der Waals surface area contributed by atoms with Gasteiger partial charge in [-0.25, -0.2) is 13.4 Å². The molecule has 0 unspecified atom stereocenters. The number of nitrogens with one attached hydrogen (secondary N) is 1. The normalized spacial score (nSPS) is 13.1. The van der Waals surface area contributed by atoms with Gasteiger partial charge in [-0.05, 0) is 12.5 Å².